The number of rotatable bonds is 8. The Morgan fingerprint density at radius 1 is 1.10 bits per heavy atom. The maximum Gasteiger partial charge on any atom is 0.266 e. The first-order valence-corrected chi connectivity index (χ1v) is 9.29. The van der Waals surface area contributed by atoms with Crippen molar-refractivity contribution < 1.29 is 23.3 Å². The molecule has 1 amide bonds. The molecule has 0 aliphatic heterocycles. The lowest BCUT2D eigenvalue weighted by Crippen LogP contribution is -2.32. The number of benzene rings is 2. The fourth-order valence-corrected chi connectivity index (χ4v) is 2.64. The number of hydrogen-bond donors (Lipinski definition) is 1. The predicted molar refractivity (Wildman–Crippen MR) is 105 cm³/mol. The molecule has 29 heavy (non-hydrogen) atoms. The second kappa shape index (κ2) is 9.18. The van der Waals surface area contributed by atoms with Crippen LogP contribution in [-0.4, -0.2) is 28.4 Å². The molecule has 0 aliphatic rings. The molecule has 1 aromatic heterocycles. The first kappa shape index (κ1) is 20.3. The van der Waals surface area contributed by atoms with E-state index in [0.29, 0.717) is 17.7 Å². The van der Waals surface area contributed by atoms with Crippen molar-refractivity contribution in [1.29, 1.82) is 0 Å². The minimum Gasteiger partial charge on any atom is -0.491 e. The highest BCUT2D eigenvalue weighted by Gasteiger charge is 2.23. The summed E-state index contributed by atoms with van der Waals surface area (Å²) >= 11 is 0. The molecule has 0 fully saturated rings. The molecule has 8 heteroatoms. The summed E-state index contributed by atoms with van der Waals surface area (Å²) in [6.07, 6.45) is -0.509. The molecule has 0 spiro atoms. The summed E-state index contributed by atoms with van der Waals surface area (Å²) in [6, 6.07) is 13.1. The lowest BCUT2D eigenvalue weighted by Gasteiger charge is -2.17. The SMILES string of the molecule is CC[C@@H](Oc1ccccc1F)C(=O)Nc1nonc1-c1ccc(OC(C)C)cc1. The lowest BCUT2D eigenvalue weighted by molar-refractivity contribution is -0.122. The van der Waals surface area contributed by atoms with E-state index >= 15 is 0 Å². The Morgan fingerprint density at radius 3 is 2.48 bits per heavy atom. The molecule has 0 radical (unpaired) electrons. The van der Waals surface area contributed by atoms with Gasteiger partial charge in [0.1, 0.15) is 5.75 Å². The van der Waals surface area contributed by atoms with E-state index < -0.39 is 17.8 Å². The fourth-order valence-electron chi connectivity index (χ4n) is 2.64. The molecule has 3 aromatic rings. The first-order chi connectivity index (χ1) is 14.0. The molecule has 0 saturated heterocycles. The van der Waals surface area contributed by atoms with Crippen LogP contribution in [0.1, 0.15) is 27.2 Å². The van der Waals surface area contributed by atoms with Gasteiger partial charge in [-0.05, 0) is 67.0 Å². The topological polar surface area (TPSA) is 86.5 Å². The highest BCUT2D eigenvalue weighted by Crippen LogP contribution is 2.27. The monoisotopic (exact) mass is 399 g/mol. The summed E-state index contributed by atoms with van der Waals surface area (Å²) in [6.45, 7) is 5.65. The third-order valence-electron chi connectivity index (χ3n) is 4.00. The van der Waals surface area contributed by atoms with Gasteiger partial charge in [0.05, 0.1) is 6.10 Å². The van der Waals surface area contributed by atoms with E-state index in [2.05, 4.69) is 15.6 Å². The van der Waals surface area contributed by atoms with Gasteiger partial charge in [-0.25, -0.2) is 9.02 Å². The Kier molecular flexibility index (Phi) is 6.43. The first-order valence-electron chi connectivity index (χ1n) is 9.29. The molecule has 0 unspecified atom stereocenters. The highest BCUT2D eigenvalue weighted by atomic mass is 19.1. The van der Waals surface area contributed by atoms with Gasteiger partial charge in [0.2, 0.25) is 5.82 Å². The van der Waals surface area contributed by atoms with Crippen LogP contribution < -0.4 is 14.8 Å². The number of nitrogens with one attached hydrogen (secondary N) is 1. The quantitative estimate of drug-likeness (QED) is 0.602. The molecule has 1 atom stereocenters. The summed E-state index contributed by atoms with van der Waals surface area (Å²) in [5, 5.41) is 10.3. The zero-order valence-electron chi connectivity index (χ0n) is 16.4. The van der Waals surface area contributed by atoms with Gasteiger partial charge in [-0.15, -0.1) is 0 Å². The predicted octanol–water partition coefficient (Wildman–Crippen LogP) is 4.46. The molecule has 3 rings (SSSR count). The van der Waals surface area contributed by atoms with Crippen LogP contribution in [0, 0.1) is 5.82 Å². The average molecular weight is 399 g/mol. The van der Waals surface area contributed by atoms with E-state index in [1.807, 2.05) is 13.8 Å². The van der Waals surface area contributed by atoms with E-state index in [0.717, 1.165) is 5.75 Å². The van der Waals surface area contributed by atoms with Gasteiger partial charge in [0, 0.05) is 5.56 Å². The number of carbonyl (C=O) groups excluding carboxylic acids is 1. The lowest BCUT2D eigenvalue weighted by atomic mass is 10.1. The smallest absolute Gasteiger partial charge is 0.266 e. The third-order valence-corrected chi connectivity index (χ3v) is 4.00. The van der Waals surface area contributed by atoms with Crippen molar-refractivity contribution >= 4 is 11.7 Å². The molecule has 0 bridgehead atoms. The normalized spacial score (nSPS) is 11.9. The summed E-state index contributed by atoms with van der Waals surface area (Å²) in [7, 11) is 0. The molecular formula is C21H22FN3O4. The van der Waals surface area contributed by atoms with Crippen LogP contribution in [0.5, 0.6) is 11.5 Å². The molecule has 1 N–H and O–H groups in total. The van der Waals surface area contributed by atoms with Gasteiger partial charge in [-0.1, -0.05) is 19.1 Å². The summed E-state index contributed by atoms with van der Waals surface area (Å²) in [4.78, 5) is 12.6. The van der Waals surface area contributed by atoms with E-state index in [4.69, 9.17) is 14.1 Å². The zero-order chi connectivity index (χ0) is 20.8. The van der Waals surface area contributed by atoms with Crippen molar-refractivity contribution in [3.05, 3.63) is 54.3 Å². The zero-order valence-corrected chi connectivity index (χ0v) is 16.4. The summed E-state index contributed by atoms with van der Waals surface area (Å²) < 4.78 is 29.8. The Balaban J connectivity index is 1.73. The number of halogens is 1. The van der Waals surface area contributed by atoms with Gasteiger partial charge in [-0.2, -0.15) is 0 Å². The van der Waals surface area contributed by atoms with Crippen molar-refractivity contribution in [2.24, 2.45) is 0 Å². The number of nitrogens with zero attached hydrogens (tertiary/aromatic N) is 2. The van der Waals surface area contributed by atoms with E-state index in [-0.39, 0.29) is 17.7 Å². The van der Waals surface area contributed by atoms with Crippen LogP contribution in [-0.2, 0) is 4.79 Å². The Bertz CT molecular complexity index is 957. The number of para-hydroxylation sites is 1. The van der Waals surface area contributed by atoms with Gasteiger partial charge >= 0.3 is 0 Å². The van der Waals surface area contributed by atoms with Crippen LogP contribution in [0.4, 0.5) is 10.2 Å². The average Bonchev–Trinajstić information content (AvgIpc) is 3.15. The maximum absolute atomic E-state index is 13.8. The van der Waals surface area contributed by atoms with Crippen LogP contribution in [0.2, 0.25) is 0 Å². The molecule has 152 valence electrons. The Morgan fingerprint density at radius 2 is 1.83 bits per heavy atom. The van der Waals surface area contributed by atoms with Gasteiger partial charge in [-0.3, -0.25) is 4.79 Å². The molecule has 0 saturated carbocycles. The number of anilines is 1. The minimum absolute atomic E-state index is 0.00809. The summed E-state index contributed by atoms with van der Waals surface area (Å²) in [5.74, 6) is -0.134. The van der Waals surface area contributed by atoms with Crippen LogP contribution in [0.25, 0.3) is 11.3 Å². The van der Waals surface area contributed by atoms with Crippen molar-refractivity contribution in [2.75, 3.05) is 5.32 Å². The highest BCUT2D eigenvalue weighted by molar-refractivity contribution is 5.96. The van der Waals surface area contributed by atoms with Crippen LogP contribution in [0.15, 0.2) is 53.2 Å². The second-order valence-corrected chi connectivity index (χ2v) is 6.59. The minimum atomic E-state index is -0.904. The second-order valence-electron chi connectivity index (χ2n) is 6.59. The number of aromatic nitrogens is 2. The number of amides is 1. The van der Waals surface area contributed by atoms with Crippen molar-refractivity contribution in [1.82, 2.24) is 10.3 Å². The molecular weight excluding hydrogens is 377 g/mol. The molecule has 0 aliphatic carbocycles. The Labute approximate surface area is 167 Å². The number of ether oxygens (including phenoxy) is 2. The number of hydrogen-bond acceptors (Lipinski definition) is 6. The fraction of sp³-hybridized carbons (Fsp3) is 0.286. The largest absolute Gasteiger partial charge is 0.491 e. The summed E-state index contributed by atoms with van der Waals surface area (Å²) in [5.41, 5.74) is 1.07. The maximum atomic E-state index is 13.8. The van der Waals surface area contributed by atoms with E-state index in [1.165, 1.54) is 12.1 Å². The van der Waals surface area contributed by atoms with Crippen molar-refractivity contribution in [3.63, 3.8) is 0 Å². The van der Waals surface area contributed by atoms with Gasteiger partial charge < -0.3 is 14.8 Å². The van der Waals surface area contributed by atoms with Gasteiger partial charge in [0.15, 0.2) is 23.4 Å². The molecule has 1 heterocycles. The third kappa shape index (κ3) is 5.10. The standard InChI is InChI=1S/C21H22FN3O4/c1-4-17(28-18-8-6-5-7-16(18)22)21(26)23-20-19(24-29-25-20)14-9-11-15(12-10-14)27-13(2)3/h5-13,17H,4H2,1-3H3,(H,23,25,26)/t17-/m1/s1. The Hall–Kier alpha value is -3.42. The van der Waals surface area contributed by atoms with Crippen molar-refractivity contribution in [2.45, 2.75) is 39.4 Å². The molecule has 2 aromatic carbocycles. The van der Waals surface area contributed by atoms with Crippen LogP contribution >= 0.6 is 0 Å². The number of carbonyl (C=O) groups is 1. The van der Waals surface area contributed by atoms with Crippen molar-refractivity contribution in [3.8, 4) is 22.8 Å². The van der Waals surface area contributed by atoms with Crippen LogP contribution in [0.3, 0.4) is 0 Å². The molecule has 7 nitrogen and oxygen atoms in total. The van der Waals surface area contributed by atoms with E-state index in [1.54, 1.807) is 43.3 Å². The van der Waals surface area contributed by atoms with E-state index in [9.17, 15) is 9.18 Å². The van der Waals surface area contributed by atoms with Gasteiger partial charge in [0.25, 0.3) is 5.91 Å².